The maximum absolute atomic E-state index is 14.1. The molecule has 0 spiro atoms. The number of carbonyl (C=O) groups is 2. The van der Waals surface area contributed by atoms with Crippen molar-refractivity contribution in [2.24, 2.45) is 5.11 Å². The van der Waals surface area contributed by atoms with Crippen molar-refractivity contribution in [2.75, 3.05) is 19.7 Å². The Labute approximate surface area is 296 Å². The topological polar surface area (TPSA) is 371 Å². The molecule has 1 aliphatic heterocycles. The second kappa shape index (κ2) is 18.0. The van der Waals surface area contributed by atoms with E-state index < -0.39 is 119 Å². The lowest BCUT2D eigenvalue weighted by atomic mass is 10.1. The van der Waals surface area contributed by atoms with Gasteiger partial charge in [-0.05, 0) is 12.0 Å². The summed E-state index contributed by atoms with van der Waals surface area (Å²) < 4.78 is 108. The van der Waals surface area contributed by atoms with Crippen LogP contribution in [0.3, 0.4) is 0 Å². The van der Waals surface area contributed by atoms with E-state index in [0.717, 1.165) is 12.3 Å². The minimum absolute atomic E-state index is 0.144. The van der Waals surface area contributed by atoms with E-state index in [2.05, 4.69) is 23.6 Å². The van der Waals surface area contributed by atoms with Crippen LogP contribution >= 0.6 is 23.5 Å². The lowest BCUT2D eigenvalue weighted by molar-refractivity contribution is -0.120. The summed E-state index contributed by atoms with van der Waals surface area (Å²) in [5, 5.41) is 27.6. The Bertz CT molecular complexity index is 2100. The average molecular weight is 841 g/mol. The van der Waals surface area contributed by atoms with Crippen LogP contribution in [0.2, 0.25) is 0 Å². The first-order valence-corrected chi connectivity index (χ1v) is 18.8. The predicted octanol–water partition coefficient (Wildman–Crippen LogP) is 0.337. The lowest BCUT2D eigenvalue weighted by Gasteiger charge is -2.19. The zero-order valence-electron chi connectivity index (χ0n) is 26.4. The van der Waals surface area contributed by atoms with Gasteiger partial charge in [-0.15, -0.1) is 0 Å². The molecule has 2 heterocycles. The van der Waals surface area contributed by atoms with E-state index >= 15 is 0 Å². The number of benzene rings is 1. The standard InChI is InChI=1S/C23H26F4N7O17P3/c24-13-12(14(25)16(27)17(15(13)26)32-33-28)21(39)30-6-2-4-11(35)29-5-1-3-9-7-34(23(40)31-20(9)38)22-19(37)18(36)10(49-22)8-48-53(44,45)51-54(46,47)50-52(41,42)43/h1,3,7,10,18-19,22,36-37H,2,4-6,8H2,(H,29,35)(H,30,39)(H,44,45)(H,46,47)(H,31,38,40)(H2,41,42,43)/b3-1+/t10-,18-,19-,22-/m1/s1. The first-order chi connectivity index (χ1) is 25.0. The normalized spacial score (nSPS) is 20.9. The largest absolute Gasteiger partial charge is 0.490 e. The molecule has 2 unspecified atom stereocenters. The van der Waals surface area contributed by atoms with Gasteiger partial charge < -0.3 is 45.2 Å². The quantitative estimate of drug-likeness (QED) is 0.0197. The molecular weight excluding hydrogens is 815 g/mol. The van der Waals surface area contributed by atoms with Gasteiger partial charge in [0.2, 0.25) is 5.91 Å². The van der Waals surface area contributed by atoms with Crippen molar-refractivity contribution in [3.8, 4) is 0 Å². The molecule has 6 atom stereocenters. The molecule has 24 nitrogen and oxygen atoms in total. The Morgan fingerprint density at radius 2 is 1.63 bits per heavy atom. The van der Waals surface area contributed by atoms with Gasteiger partial charge in [0, 0.05) is 30.6 Å². The van der Waals surface area contributed by atoms with Crippen molar-refractivity contribution in [1.82, 2.24) is 20.2 Å². The van der Waals surface area contributed by atoms with E-state index in [1.54, 1.807) is 0 Å². The van der Waals surface area contributed by atoms with E-state index in [1.165, 1.54) is 6.08 Å². The molecule has 1 aliphatic rings. The zero-order valence-corrected chi connectivity index (χ0v) is 29.1. The summed E-state index contributed by atoms with van der Waals surface area (Å²) in [4.78, 5) is 88.9. The highest BCUT2D eigenvalue weighted by molar-refractivity contribution is 7.66. The first-order valence-electron chi connectivity index (χ1n) is 14.3. The number of rotatable bonds is 17. The van der Waals surface area contributed by atoms with Gasteiger partial charge in [-0.1, -0.05) is 17.3 Å². The van der Waals surface area contributed by atoms with Crippen molar-refractivity contribution in [3.63, 3.8) is 0 Å². The number of nitrogens with zero attached hydrogens (tertiary/aromatic N) is 4. The zero-order chi connectivity index (χ0) is 40.8. The Hall–Kier alpha value is -4.10. The highest BCUT2D eigenvalue weighted by Crippen LogP contribution is 2.66. The van der Waals surface area contributed by atoms with Gasteiger partial charge in [0.25, 0.3) is 11.5 Å². The molecule has 2 aromatic rings. The molecule has 31 heteroatoms. The van der Waals surface area contributed by atoms with Crippen molar-refractivity contribution in [3.05, 3.63) is 77.9 Å². The molecule has 2 amide bonds. The summed E-state index contributed by atoms with van der Waals surface area (Å²) in [5.41, 5.74) is 2.58. The highest BCUT2D eigenvalue weighted by atomic mass is 31.3. The molecule has 1 fully saturated rings. The molecule has 0 saturated carbocycles. The lowest BCUT2D eigenvalue weighted by Crippen LogP contribution is -2.38. The second-order valence-electron chi connectivity index (χ2n) is 10.4. The SMILES string of the molecule is [N-]=[N+]=Nc1c(F)c(F)c(C(=O)NCCCC(=O)NC/C=C/c2cn([C@@H]3O[C@H](COP(=O)(O)OP(=O)(O)OP(=O)(O)O)[C@@H](O)[C@H]3O)c(=O)[nH]c2=O)c(F)c1F. The summed E-state index contributed by atoms with van der Waals surface area (Å²) in [6.07, 6.45) is -4.81. The maximum Gasteiger partial charge on any atom is 0.490 e. The summed E-state index contributed by atoms with van der Waals surface area (Å²) in [6.45, 7) is -1.84. The molecule has 0 bridgehead atoms. The number of H-pyrrole nitrogens is 1. The fourth-order valence-corrected chi connectivity index (χ4v) is 7.34. The van der Waals surface area contributed by atoms with Crippen LogP contribution in [0.1, 0.15) is 35.0 Å². The van der Waals surface area contributed by atoms with Crippen molar-refractivity contribution < 1.29 is 88.5 Å². The van der Waals surface area contributed by atoms with Crippen LogP contribution in [0.25, 0.3) is 16.5 Å². The van der Waals surface area contributed by atoms with Crippen molar-refractivity contribution in [2.45, 2.75) is 37.4 Å². The number of amides is 2. The number of ether oxygens (including phenoxy) is 1. The number of carbonyl (C=O) groups excluding carboxylic acids is 2. The fraction of sp³-hybridized carbons (Fsp3) is 0.391. The minimum Gasteiger partial charge on any atom is -0.387 e. The molecule has 1 aromatic carbocycles. The summed E-state index contributed by atoms with van der Waals surface area (Å²) in [7, 11) is -17.2. The molecule has 1 saturated heterocycles. The number of halogens is 4. The molecule has 3 rings (SSSR count). The Kier molecular flexibility index (Phi) is 14.8. The number of nitrogens with one attached hydrogen (secondary N) is 3. The Balaban J connectivity index is 1.54. The van der Waals surface area contributed by atoms with Gasteiger partial charge in [-0.3, -0.25) is 28.5 Å². The number of azide groups is 1. The molecule has 1 aromatic heterocycles. The number of aromatic amines is 1. The number of hydrogen-bond acceptors (Lipinski definition) is 14. The van der Waals surface area contributed by atoms with Crippen LogP contribution < -0.4 is 21.9 Å². The highest BCUT2D eigenvalue weighted by Gasteiger charge is 2.47. The predicted molar refractivity (Wildman–Crippen MR) is 166 cm³/mol. The van der Waals surface area contributed by atoms with Gasteiger partial charge in [0.15, 0.2) is 29.5 Å². The van der Waals surface area contributed by atoms with E-state index in [9.17, 15) is 70.4 Å². The van der Waals surface area contributed by atoms with Crippen LogP contribution in [-0.4, -0.2) is 89.2 Å². The number of phosphoric ester groups is 1. The Morgan fingerprint density at radius 1 is 1.00 bits per heavy atom. The van der Waals surface area contributed by atoms with Crippen LogP contribution in [0.5, 0.6) is 0 Å². The fourth-order valence-electron chi connectivity index (χ4n) is 4.31. The summed E-state index contributed by atoms with van der Waals surface area (Å²) in [5.74, 6) is -10.7. The van der Waals surface area contributed by atoms with E-state index in [1.807, 2.05) is 15.2 Å². The number of phosphoric acid groups is 3. The molecule has 298 valence electrons. The number of aromatic nitrogens is 2. The van der Waals surface area contributed by atoms with Crippen LogP contribution in [-0.2, 0) is 36.4 Å². The maximum atomic E-state index is 14.1. The summed E-state index contributed by atoms with van der Waals surface area (Å²) in [6, 6.07) is 0. The molecule has 0 aliphatic carbocycles. The number of aliphatic hydroxyl groups is 2. The van der Waals surface area contributed by atoms with Crippen LogP contribution in [0, 0.1) is 23.3 Å². The van der Waals surface area contributed by atoms with Crippen molar-refractivity contribution >= 4 is 47.0 Å². The summed E-state index contributed by atoms with van der Waals surface area (Å²) >= 11 is 0. The second-order valence-corrected chi connectivity index (χ2v) is 14.8. The third kappa shape index (κ3) is 11.7. The Morgan fingerprint density at radius 3 is 2.22 bits per heavy atom. The van der Waals surface area contributed by atoms with E-state index in [-0.39, 0.29) is 24.9 Å². The minimum atomic E-state index is -5.87. The molecular formula is C23H26F4N7O17P3. The van der Waals surface area contributed by atoms with Gasteiger partial charge >= 0.3 is 29.2 Å². The third-order valence-corrected chi connectivity index (χ3v) is 10.4. The van der Waals surface area contributed by atoms with Crippen LogP contribution in [0.15, 0.2) is 27.0 Å². The number of aliphatic hydroxyl groups excluding tert-OH is 2. The molecule has 9 N–H and O–H groups in total. The van der Waals surface area contributed by atoms with Crippen LogP contribution in [0.4, 0.5) is 23.2 Å². The molecule has 0 radical (unpaired) electrons. The van der Waals surface area contributed by atoms with Gasteiger partial charge in [-0.25, -0.2) is 36.1 Å². The van der Waals surface area contributed by atoms with E-state index in [4.69, 9.17) is 20.1 Å². The monoisotopic (exact) mass is 841 g/mol. The van der Waals surface area contributed by atoms with Gasteiger partial charge in [0.1, 0.15) is 29.6 Å². The molecule has 54 heavy (non-hydrogen) atoms. The third-order valence-electron chi connectivity index (χ3n) is 6.62. The number of hydrogen-bond donors (Lipinski definition) is 9. The smallest absolute Gasteiger partial charge is 0.387 e. The van der Waals surface area contributed by atoms with Gasteiger partial charge in [-0.2, -0.15) is 8.62 Å². The first kappa shape index (κ1) is 44.3. The average Bonchev–Trinajstić information content (AvgIpc) is 3.33. The van der Waals surface area contributed by atoms with Gasteiger partial charge in [0.05, 0.1) is 12.2 Å². The van der Waals surface area contributed by atoms with Crippen molar-refractivity contribution in [1.29, 1.82) is 0 Å². The van der Waals surface area contributed by atoms with E-state index in [0.29, 0.717) is 4.57 Å².